The van der Waals surface area contributed by atoms with Crippen LogP contribution in [0.4, 0.5) is 0 Å². The molecular formula is C16H26N2O. The predicted octanol–water partition coefficient (Wildman–Crippen LogP) is 1.62. The highest BCUT2D eigenvalue weighted by molar-refractivity contribution is 5.15. The largest absolute Gasteiger partial charge is 0.395 e. The van der Waals surface area contributed by atoms with E-state index < -0.39 is 0 Å². The molecular weight excluding hydrogens is 236 g/mol. The molecule has 1 N–H and O–H groups in total. The van der Waals surface area contributed by atoms with E-state index in [4.69, 9.17) is 0 Å². The number of aliphatic hydroxyl groups excluding tert-OH is 1. The number of benzene rings is 1. The van der Waals surface area contributed by atoms with E-state index in [0.717, 1.165) is 26.1 Å². The van der Waals surface area contributed by atoms with Crippen molar-refractivity contribution < 1.29 is 5.11 Å². The Morgan fingerprint density at radius 2 is 1.95 bits per heavy atom. The van der Waals surface area contributed by atoms with Gasteiger partial charge in [-0.2, -0.15) is 0 Å². The van der Waals surface area contributed by atoms with E-state index in [-0.39, 0.29) is 18.2 Å². The summed E-state index contributed by atoms with van der Waals surface area (Å²) in [7, 11) is 2.14. The molecule has 3 nitrogen and oxygen atoms in total. The Morgan fingerprint density at radius 1 is 1.26 bits per heavy atom. The molecule has 0 saturated carbocycles. The van der Waals surface area contributed by atoms with Crippen LogP contribution in [0.1, 0.15) is 19.4 Å². The zero-order valence-corrected chi connectivity index (χ0v) is 12.3. The maximum absolute atomic E-state index is 9.64. The van der Waals surface area contributed by atoms with Gasteiger partial charge >= 0.3 is 0 Å². The van der Waals surface area contributed by atoms with Crippen LogP contribution < -0.4 is 0 Å². The van der Waals surface area contributed by atoms with Crippen LogP contribution in [0.5, 0.6) is 0 Å². The molecule has 19 heavy (non-hydrogen) atoms. The predicted molar refractivity (Wildman–Crippen MR) is 79.3 cm³/mol. The maximum Gasteiger partial charge on any atom is 0.0599 e. The first-order chi connectivity index (χ1) is 9.03. The fraction of sp³-hybridized carbons (Fsp3) is 0.625. The molecule has 0 bridgehead atoms. The highest BCUT2D eigenvalue weighted by Gasteiger charge is 2.37. The first kappa shape index (κ1) is 14.5. The minimum atomic E-state index is 0.120. The summed E-state index contributed by atoms with van der Waals surface area (Å²) in [4.78, 5) is 4.79. The molecule has 106 valence electrons. The molecule has 0 spiro atoms. The van der Waals surface area contributed by atoms with Gasteiger partial charge in [-0.25, -0.2) is 0 Å². The molecule has 1 aromatic rings. The van der Waals surface area contributed by atoms with Gasteiger partial charge in [0, 0.05) is 31.2 Å². The maximum atomic E-state index is 9.64. The van der Waals surface area contributed by atoms with Gasteiger partial charge in [0.2, 0.25) is 0 Å². The fourth-order valence-electron chi connectivity index (χ4n) is 3.30. The fourth-order valence-corrected chi connectivity index (χ4v) is 3.30. The molecule has 3 heteroatoms. The second-order valence-corrected chi connectivity index (χ2v) is 6.27. The van der Waals surface area contributed by atoms with E-state index in [2.05, 4.69) is 61.0 Å². The molecule has 0 aliphatic carbocycles. The highest BCUT2D eigenvalue weighted by atomic mass is 16.3. The first-order valence-corrected chi connectivity index (χ1v) is 7.13. The summed E-state index contributed by atoms with van der Waals surface area (Å²) in [5, 5.41) is 9.64. The Bertz CT molecular complexity index is 391. The van der Waals surface area contributed by atoms with Gasteiger partial charge in [0.15, 0.2) is 0 Å². The second-order valence-electron chi connectivity index (χ2n) is 6.27. The molecule has 1 aliphatic rings. The van der Waals surface area contributed by atoms with E-state index in [1.165, 1.54) is 5.56 Å². The van der Waals surface area contributed by atoms with Crippen molar-refractivity contribution in [1.82, 2.24) is 9.80 Å². The van der Waals surface area contributed by atoms with Crippen LogP contribution in [0.3, 0.4) is 0 Å². The minimum Gasteiger partial charge on any atom is -0.395 e. The van der Waals surface area contributed by atoms with E-state index >= 15 is 0 Å². The molecule has 1 fully saturated rings. The molecule has 1 aromatic carbocycles. The van der Waals surface area contributed by atoms with Crippen molar-refractivity contribution in [2.75, 3.05) is 33.3 Å². The number of nitrogens with zero attached hydrogens (tertiary/aromatic N) is 2. The third-order valence-electron chi connectivity index (χ3n) is 4.09. The Balaban J connectivity index is 2.03. The standard InChI is InChI=1S/C16H26N2O/c1-16(2)13-17(3)11-15(12-19)18(16)10-9-14-7-5-4-6-8-14/h4-8,15,19H,9-13H2,1-3H3. The van der Waals surface area contributed by atoms with Crippen molar-refractivity contribution >= 4 is 0 Å². The van der Waals surface area contributed by atoms with Crippen LogP contribution >= 0.6 is 0 Å². The number of hydrogen-bond acceptors (Lipinski definition) is 3. The van der Waals surface area contributed by atoms with E-state index in [1.54, 1.807) is 0 Å². The van der Waals surface area contributed by atoms with E-state index in [1.807, 2.05) is 0 Å². The van der Waals surface area contributed by atoms with Crippen LogP contribution in [0, 0.1) is 0 Å². The lowest BCUT2D eigenvalue weighted by molar-refractivity contribution is -0.0350. The van der Waals surface area contributed by atoms with Gasteiger partial charge in [-0.1, -0.05) is 30.3 Å². The molecule has 0 radical (unpaired) electrons. The Hall–Kier alpha value is -0.900. The number of hydrogen-bond donors (Lipinski definition) is 1. The third-order valence-corrected chi connectivity index (χ3v) is 4.09. The Morgan fingerprint density at radius 3 is 2.58 bits per heavy atom. The van der Waals surface area contributed by atoms with Crippen molar-refractivity contribution in [3.05, 3.63) is 35.9 Å². The van der Waals surface area contributed by atoms with Crippen molar-refractivity contribution in [1.29, 1.82) is 0 Å². The summed E-state index contributed by atoms with van der Waals surface area (Å²) in [5.41, 5.74) is 1.49. The van der Waals surface area contributed by atoms with Crippen molar-refractivity contribution in [2.24, 2.45) is 0 Å². The molecule has 2 rings (SSSR count). The van der Waals surface area contributed by atoms with Crippen molar-refractivity contribution in [3.63, 3.8) is 0 Å². The average Bonchev–Trinajstić information content (AvgIpc) is 2.37. The number of likely N-dealkylation sites (N-methyl/N-ethyl adjacent to an activating group) is 1. The highest BCUT2D eigenvalue weighted by Crippen LogP contribution is 2.24. The molecule has 1 aliphatic heterocycles. The summed E-state index contributed by atoms with van der Waals surface area (Å²) < 4.78 is 0. The monoisotopic (exact) mass is 262 g/mol. The van der Waals surface area contributed by atoms with Gasteiger partial charge in [0.1, 0.15) is 0 Å². The Labute approximate surface area is 116 Å². The smallest absolute Gasteiger partial charge is 0.0599 e. The number of aliphatic hydroxyl groups is 1. The Kier molecular flexibility index (Phi) is 4.61. The molecule has 1 heterocycles. The summed E-state index contributed by atoms with van der Waals surface area (Å²) in [6.07, 6.45) is 1.05. The molecule has 1 saturated heterocycles. The normalized spacial score (nSPS) is 24.5. The van der Waals surface area contributed by atoms with Crippen molar-refractivity contribution in [2.45, 2.75) is 31.8 Å². The first-order valence-electron chi connectivity index (χ1n) is 7.13. The number of rotatable bonds is 4. The van der Waals surface area contributed by atoms with E-state index in [9.17, 15) is 5.11 Å². The van der Waals surface area contributed by atoms with Crippen LogP contribution in [0.2, 0.25) is 0 Å². The summed E-state index contributed by atoms with van der Waals surface area (Å²) in [5.74, 6) is 0. The van der Waals surface area contributed by atoms with Gasteiger partial charge in [0.05, 0.1) is 6.61 Å². The van der Waals surface area contributed by atoms with Crippen LogP contribution in [0.25, 0.3) is 0 Å². The van der Waals surface area contributed by atoms with Crippen LogP contribution in [-0.4, -0.2) is 59.8 Å². The second kappa shape index (κ2) is 6.04. The third kappa shape index (κ3) is 3.56. The van der Waals surface area contributed by atoms with Gasteiger partial charge in [-0.15, -0.1) is 0 Å². The summed E-state index contributed by atoms with van der Waals surface area (Å²) >= 11 is 0. The number of piperazine rings is 1. The summed E-state index contributed by atoms with van der Waals surface area (Å²) in [6.45, 7) is 7.80. The molecule has 1 atom stereocenters. The van der Waals surface area contributed by atoms with Crippen LogP contribution in [0.15, 0.2) is 30.3 Å². The molecule has 1 unspecified atom stereocenters. The zero-order chi connectivity index (χ0) is 13.9. The lowest BCUT2D eigenvalue weighted by atomic mass is 9.94. The SMILES string of the molecule is CN1CC(CO)N(CCc2ccccc2)C(C)(C)C1. The summed E-state index contributed by atoms with van der Waals surface area (Å²) in [6, 6.07) is 10.8. The quantitative estimate of drug-likeness (QED) is 0.893. The van der Waals surface area contributed by atoms with Gasteiger partial charge in [-0.05, 0) is 32.9 Å². The lowest BCUT2D eigenvalue weighted by Gasteiger charge is -2.50. The van der Waals surface area contributed by atoms with Crippen LogP contribution in [-0.2, 0) is 6.42 Å². The molecule has 0 aromatic heterocycles. The van der Waals surface area contributed by atoms with Gasteiger partial charge in [0.25, 0.3) is 0 Å². The van der Waals surface area contributed by atoms with Crippen molar-refractivity contribution in [3.8, 4) is 0 Å². The minimum absolute atomic E-state index is 0.120. The van der Waals surface area contributed by atoms with Gasteiger partial charge in [-0.3, -0.25) is 4.90 Å². The molecule has 0 amide bonds. The topological polar surface area (TPSA) is 26.7 Å². The zero-order valence-electron chi connectivity index (χ0n) is 12.3. The average molecular weight is 262 g/mol. The van der Waals surface area contributed by atoms with Gasteiger partial charge < -0.3 is 10.0 Å². The lowest BCUT2D eigenvalue weighted by Crippen LogP contribution is -2.64. The van der Waals surface area contributed by atoms with E-state index in [0.29, 0.717) is 0 Å².